The van der Waals surface area contributed by atoms with Crippen molar-refractivity contribution in [1.29, 1.82) is 0 Å². The van der Waals surface area contributed by atoms with Crippen LogP contribution in [0.5, 0.6) is 5.75 Å². The number of ether oxygens (including phenoxy) is 1. The molecule has 0 aliphatic carbocycles. The summed E-state index contributed by atoms with van der Waals surface area (Å²) >= 11 is 0. The summed E-state index contributed by atoms with van der Waals surface area (Å²) in [6.45, 7) is 2.01. The van der Waals surface area contributed by atoms with Gasteiger partial charge in [0.15, 0.2) is 0 Å². The van der Waals surface area contributed by atoms with E-state index in [2.05, 4.69) is 5.32 Å². The minimum Gasteiger partial charge on any atom is -0.426 e. The van der Waals surface area contributed by atoms with Crippen molar-refractivity contribution in [2.45, 2.75) is 13.3 Å². The topological polar surface area (TPSA) is 75.7 Å². The third kappa shape index (κ3) is 4.49. The first-order valence-corrected chi connectivity index (χ1v) is 8.55. The van der Waals surface area contributed by atoms with Crippen molar-refractivity contribution >= 4 is 23.5 Å². The molecule has 1 fully saturated rings. The van der Waals surface area contributed by atoms with Gasteiger partial charge in [0, 0.05) is 38.0 Å². The molecule has 140 valence electrons. The molecule has 0 aromatic heterocycles. The maximum absolute atomic E-state index is 13.0. The lowest BCUT2D eigenvalue weighted by molar-refractivity contribution is -0.131. The normalized spacial score (nSPS) is 16.3. The Morgan fingerprint density at radius 2 is 1.89 bits per heavy atom. The van der Waals surface area contributed by atoms with Crippen LogP contribution in [0.2, 0.25) is 0 Å². The van der Waals surface area contributed by atoms with Crippen LogP contribution < -0.4 is 15.0 Å². The first-order chi connectivity index (χ1) is 12.9. The van der Waals surface area contributed by atoms with E-state index < -0.39 is 5.97 Å². The minimum atomic E-state index is -0.508. The van der Waals surface area contributed by atoms with E-state index in [1.165, 1.54) is 19.1 Å². The average Bonchev–Trinajstić information content (AvgIpc) is 3.01. The van der Waals surface area contributed by atoms with Gasteiger partial charge in [-0.3, -0.25) is 14.4 Å². The number of esters is 1. The Balaban J connectivity index is 1.61. The molecule has 1 unspecified atom stereocenters. The van der Waals surface area contributed by atoms with Crippen LogP contribution in [0, 0.1) is 11.7 Å². The highest BCUT2D eigenvalue weighted by Crippen LogP contribution is 2.25. The molecule has 2 aromatic carbocycles. The highest BCUT2D eigenvalue weighted by Gasteiger charge is 2.31. The van der Waals surface area contributed by atoms with E-state index in [0.717, 1.165) is 0 Å². The van der Waals surface area contributed by atoms with E-state index in [0.29, 0.717) is 25.2 Å². The van der Waals surface area contributed by atoms with Crippen molar-refractivity contribution < 1.29 is 23.5 Å². The van der Waals surface area contributed by atoms with Crippen LogP contribution in [-0.4, -0.2) is 30.9 Å². The Hall–Kier alpha value is -3.22. The number of hydrogen-bond acceptors (Lipinski definition) is 4. The van der Waals surface area contributed by atoms with Crippen molar-refractivity contribution in [2.75, 3.05) is 18.0 Å². The van der Waals surface area contributed by atoms with Crippen molar-refractivity contribution in [2.24, 2.45) is 5.92 Å². The SMILES string of the molecule is CC(=O)Oc1ccccc1C(=O)NCC1CC(=O)N(c2ccc(F)cc2)C1. The van der Waals surface area contributed by atoms with Crippen LogP contribution in [0.25, 0.3) is 0 Å². The molecule has 3 rings (SSSR count). The van der Waals surface area contributed by atoms with Crippen LogP contribution >= 0.6 is 0 Å². The zero-order valence-electron chi connectivity index (χ0n) is 14.8. The largest absolute Gasteiger partial charge is 0.426 e. The predicted octanol–water partition coefficient (Wildman–Crippen LogP) is 2.53. The number of para-hydroxylation sites is 1. The molecule has 0 radical (unpaired) electrons. The molecule has 7 heteroatoms. The van der Waals surface area contributed by atoms with Gasteiger partial charge in [-0.25, -0.2) is 4.39 Å². The fraction of sp³-hybridized carbons (Fsp3) is 0.250. The molecule has 1 atom stereocenters. The van der Waals surface area contributed by atoms with Gasteiger partial charge in [-0.2, -0.15) is 0 Å². The van der Waals surface area contributed by atoms with Crippen LogP contribution in [0.15, 0.2) is 48.5 Å². The summed E-state index contributed by atoms with van der Waals surface area (Å²) in [5.41, 5.74) is 0.892. The lowest BCUT2D eigenvalue weighted by Crippen LogP contribution is -2.31. The molecule has 2 aromatic rings. The quantitative estimate of drug-likeness (QED) is 0.648. The minimum absolute atomic E-state index is 0.0626. The number of anilines is 1. The number of carbonyl (C=O) groups is 3. The van der Waals surface area contributed by atoms with Crippen molar-refractivity contribution in [3.8, 4) is 5.75 Å². The summed E-state index contributed by atoms with van der Waals surface area (Å²) in [6.07, 6.45) is 0.295. The van der Waals surface area contributed by atoms with Gasteiger partial charge in [0.1, 0.15) is 11.6 Å². The summed E-state index contributed by atoms with van der Waals surface area (Å²) < 4.78 is 18.1. The highest BCUT2D eigenvalue weighted by molar-refractivity contribution is 5.98. The van der Waals surface area contributed by atoms with Crippen LogP contribution in [0.1, 0.15) is 23.7 Å². The van der Waals surface area contributed by atoms with Crippen LogP contribution in [0.4, 0.5) is 10.1 Å². The average molecular weight is 370 g/mol. The van der Waals surface area contributed by atoms with Gasteiger partial charge in [0.25, 0.3) is 5.91 Å². The molecule has 0 spiro atoms. The molecule has 27 heavy (non-hydrogen) atoms. The van der Waals surface area contributed by atoms with Gasteiger partial charge in [-0.1, -0.05) is 12.1 Å². The second-order valence-electron chi connectivity index (χ2n) is 6.35. The Bertz CT molecular complexity index is 867. The molecule has 1 N–H and O–H groups in total. The number of amides is 2. The van der Waals surface area contributed by atoms with Gasteiger partial charge in [-0.05, 0) is 36.4 Å². The second-order valence-corrected chi connectivity index (χ2v) is 6.35. The molecule has 1 aliphatic rings. The standard InChI is InChI=1S/C20H19FN2O4/c1-13(24)27-18-5-3-2-4-17(18)20(26)22-11-14-10-19(25)23(12-14)16-8-6-15(21)7-9-16/h2-9,14H,10-12H2,1H3,(H,22,26). The Labute approximate surface area is 155 Å². The molecule has 2 amide bonds. The van der Waals surface area contributed by atoms with Crippen molar-refractivity contribution in [1.82, 2.24) is 5.32 Å². The molecular weight excluding hydrogens is 351 g/mol. The van der Waals surface area contributed by atoms with E-state index in [1.807, 2.05) is 0 Å². The van der Waals surface area contributed by atoms with E-state index in [-0.39, 0.29) is 34.9 Å². The Kier molecular flexibility index (Phi) is 5.49. The number of benzene rings is 2. The summed E-state index contributed by atoms with van der Waals surface area (Å²) in [7, 11) is 0. The number of carbonyl (C=O) groups excluding carboxylic acids is 3. The third-order valence-corrected chi connectivity index (χ3v) is 4.28. The number of nitrogens with zero attached hydrogens (tertiary/aromatic N) is 1. The predicted molar refractivity (Wildman–Crippen MR) is 96.9 cm³/mol. The molecule has 1 heterocycles. The number of hydrogen-bond donors (Lipinski definition) is 1. The fourth-order valence-corrected chi connectivity index (χ4v) is 3.02. The van der Waals surface area contributed by atoms with Crippen LogP contribution in [-0.2, 0) is 9.59 Å². The summed E-state index contributed by atoms with van der Waals surface area (Å²) in [5, 5.41) is 2.79. The number of nitrogens with one attached hydrogen (secondary N) is 1. The van der Waals surface area contributed by atoms with E-state index >= 15 is 0 Å². The third-order valence-electron chi connectivity index (χ3n) is 4.28. The summed E-state index contributed by atoms with van der Waals surface area (Å²) in [4.78, 5) is 37.4. The highest BCUT2D eigenvalue weighted by atomic mass is 19.1. The molecule has 1 saturated heterocycles. The Morgan fingerprint density at radius 1 is 1.19 bits per heavy atom. The summed E-state index contributed by atoms with van der Waals surface area (Å²) in [5.74, 6) is -1.18. The van der Waals surface area contributed by atoms with Crippen molar-refractivity contribution in [3.63, 3.8) is 0 Å². The van der Waals surface area contributed by atoms with Crippen LogP contribution in [0.3, 0.4) is 0 Å². The Morgan fingerprint density at radius 3 is 2.59 bits per heavy atom. The van der Waals surface area contributed by atoms with Gasteiger partial charge in [0.05, 0.1) is 5.56 Å². The lowest BCUT2D eigenvalue weighted by Gasteiger charge is -2.17. The monoisotopic (exact) mass is 370 g/mol. The molecule has 1 aliphatic heterocycles. The van der Waals surface area contributed by atoms with Gasteiger partial charge >= 0.3 is 5.97 Å². The zero-order chi connectivity index (χ0) is 19.4. The van der Waals surface area contributed by atoms with E-state index in [1.54, 1.807) is 41.3 Å². The van der Waals surface area contributed by atoms with Crippen molar-refractivity contribution in [3.05, 3.63) is 59.9 Å². The maximum atomic E-state index is 13.0. The maximum Gasteiger partial charge on any atom is 0.308 e. The molecular formula is C20H19FN2O4. The molecule has 0 bridgehead atoms. The van der Waals surface area contributed by atoms with E-state index in [9.17, 15) is 18.8 Å². The zero-order valence-corrected chi connectivity index (χ0v) is 14.8. The second kappa shape index (κ2) is 7.99. The fourth-order valence-electron chi connectivity index (χ4n) is 3.02. The van der Waals surface area contributed by atoms with Gasteiger partial charge in [0.2, 0.25) is 5.91 Å². The molecule has 6 nitrogen and oxygen atoms in total. The first-order valence-electron chi connectivity index (χ1n) is 8.55. The summed E-state index contributed by atoms with van der Waals surface area (Å²) in [6, 6.07) is 12.2. The molecule has 0 saturated carbocycles. The van der Waals surface area contributed by atoms with Gasteiger partial charge in [-0.15, -0.1) is 0 Å². The van der Waals surface area contributed by atoms with Gasteiger partial charge < -0.3 is 15.0 Å². The number of halogens is 1. The lowest BCUT2D eigenvalue weighted by atomic mass is 10.1. The van der Waals surface area contributed by atoms with E-state index in [4.69, 9.17) is 4.74 Å². The number of rotatable bonds is 5. The smallest absolute Gasteiger partial charge is 0.308 e. The first kappa shape index (κ1) is 18.6.